The molecule has 3 unspecified atom stereocenters. The van der Waals surface area contributed by atoms with E-state index in [0.29, 0.717) is 12.1 Å². The van der Waals surface area contributed by atoms with Gasteiger partial charge < -0.3 is 10.6 Å². The van der Waals surface area contributed by atoms with Crippen LogP contribution in [0.2, 0.25) is 0 Å². The third kappa shape index (κ3) is 3.25. The average molecular weight is 198 g/mol. The van der Waals surface area contributed by atoms with Crippen molar-refractivity contribution in [2.75, 3.05) is 13.1 Å². The second-order valence-electron chi connectivity index (χ2n) is 5.35. The van der Waals surface area contributed by atoms with Crippen LogP contribution in [-0.4, -0.2) is 30.1 Å². The molecule has 14 heavy (non-hydrogen) atoms. The van der Waals surface area contributed by atoms with Gasteiger partial charge in [-0.3, -0.25) is 0 Å². The highest BCUT2D eigenvalue weighted by molar-refractivity contribution is 4.82. The molecule has 2 nitrogen and oxygen atoms in total. The summed E-state index contributed by atoms with van der Waals surface area (Å²) in [5.74, 6) is 1.74. The van der Waals surface area contributed by atoms with Gasteiger partial charge in [0.2, 0.25) is 0 Å². The van der Waals surface area contributed by atoms with E-state index >= 15 is 0 Å². The van der Waals surface area contributed by atoms with Gasteiger partial charge >= 0.3 is 0 Å². The third-order valence-electron chi connectivity index (χ3n) is 3.54. The summed E-state index contributed by atoms with van der Waals surface area (Å²) in [4.78, 5) is 2.61. The van der Waals surface area contributed by atoms with E-state index in [4.69, 9.17) is 5.73 Å². The van der Waals surface area contributed by atoms with E-state index < -0.39 is 0 Å². The number of nitrogens with two attached hydrogens (primary N) is 1. The molecule has 0 bridgehead atoms. The van der Waals surface area contributed by atoms with Gasteiger partial charge in [-0.25, -0.2) is 0 Å². The Balaban J connectivity index is 2.34. The van der Waals surface area contributed by atoms with Crippen LogP contribution in [0.3, 0.4) is 0 Å². The van der Waals surface area contributed by atoms with Crippen molar-refractivity contribution in [2.24, 2.45) is 17.6 Å². The maximum atomic E-state index is 5.83. The summed E-state index contributed by atoms with van der Waals surface area (Å²) in [5, 5.41) is 0. The van der Waals surface area contributed by atoms with Crippen LogP contribution < -0.4 is 5.73 Å². The second-order valence-corrected chi connectivity index (χ2v) is 5.35. The molecular weight excluding hydrogens is 172 g/mol. The molecule has 1 aliphatic heterocycles. The molecule has 1 saturated heterocycles. The molecule has 3 atom stereocenters. The van der Waals surface area contributed by atoms with Crippen molar-refractivity contribution < 1.29 is 0 Å². The molecule has 84 valence electrons. The van der Waals surface area contributed by atoms with E-state index in [1.807, 2.05) is 0 Å². The molecule has 0 amide bonds. The van der Waals surface area contributed by atoms with E-state index in [9.17, 15) is 0 Å². The van der Waals surface area contributed by atoms with Crippen molar-refractivity contribution in [1.82, 2.24) is 4.90 Å². The minimum Gasteiger partial charge on any atom is -0.328 e. The highest BCUT2D eigenvalue weighted by Crippen LogP contribution is 2.25. The van der Waals surface area contributed by atoms with Crippen LogP contribution >= 0.6 is 0 Å². The first-order valence-electron chi connectivity index (χ1n) is 6.00. The maximum absolute atomic E-state index is 5.83. The lowest BCUT2D eigenvalue weighted by Gasteiger charge is -2.26. The Labute approximate surface area is 88.8 Å². The van der Waals surface area contributed by atoms with E-state index in [2.05, 4.69) is 32.6 Å². The smallest absolute Gasteiger partial charge is 0.00816 e. The molecule has 0 aliphatic carbocycles. The van der Waals surface area contributed by atoms with Crippen molar-refractivity contribution >= 4 is 0 Å². The third-order valence-corrected chi connectivity index (χ3v) is 3.54. The zero-order valence-corrected chi connectivity index (χ0v) is 10.2. The summed E-state index contributed by atoms with van der Waals surface area (Å²) in [6, 6.07) is 1.00. The fourth-order valence-electron chi connectivity index (χ4n) is 2.45. The Morgan fingerprint density at radius 2 is 1.93 bits per heavy atom. The van der Waals surface area contributed by atoms with Crippen molar-refractivity contribution in [1.29, 1.82) is 0 Å². The SMILES string of the molecule is CC(N)CC(C)N1CCC(C(C)C)C1. The van der Waals surface area contributed by atoms with Gasteiger partial charge in [-0.2, -0.15) is 0 Å². The van der Waals surface area contributed by atoms with Gasteiger partial charge in [0.1, 0.15) is 0 Å². The van der Waals surface area contributed by atoms with Gasteiger partial charge in [0, 0.05) is 18.6 Å². The summed E-state index contributed by atoms with van der Waals surface area (Å²) < 4.78 is 0. The molecule has 1 rings (SSSR count). The van der Waals surface area contributed by atoms with Gasteiger partial charge in [-0.1, -0.05) is 13.8 Å². The molecule has 1 aliphatic rings. The molecule has 1 fully saturated rings. The average Bonchev–Trinajstić information content (AvgIpc) is 2.50. The van der Waals surface area contributed by atoms with Gasteiger partial charge in [-0.15, -0.1) is 0 Å². The van der Waals surface area contributed by atoms with Crippen LogP contribution in [-0.2, 0) is 0 Å². The summed E-state index contributed by atoms with van der Waals surface area (Å²) in [6.45, 7) is 11.6. The van der Waals surface area contributed by atoms with Crippen molar-refractivity contribution in [3.05, 3.63) is 0 Å². The lowest BCUT2D eigenvalue weighted by atomic mass is 9.95. The highest BCUT2D eigenvalue weighted by atomic mass is 15.2. The fraction of sp³-hybridized carbons (Fsp3) is 1.00. The van der Waals surface area contributed by atoms with E-state index in [1.165, 1.54) is 19.5 Å². The van der Waals surface area contributed by atoms with E-state index in [-0.39, 0.29) is 0 Å². The summed E-state index contributed by atoms with van der Waals surface area (Å²) in [7, 11) is 0. The van der Waals surface area contributed by atoms with Gasteiger partial charge in [0.15, 0.2) is 0 Å². The minimum atomic E-state index is 0.336. The summed E-state index contributed by atoms with van der Waals surface area (Å²) >= 11 is 0. The zero-order chi connectivity index (χ0) is 10.7. The molecule has 0 radical (unpaired) electrons. The van der Waals surface area contributed by atoms with Gasteiger partial charge in [-0.05, 0) is 45.1 Å². The summed E-state index contributed by atoms with van der Waals surface area (Å²) in [6.07, 6.45) is 2.51. The maximum Gasteiger partial charge on any atom is 0.00816 e. The zero-order valence-electron chi connectivity index (χ0n) is 10.2. The van der Waals surface area contributed by atoms with Crippen molar-refractivity contribution in [3.8, 4) is 0 Å². The number of nitrogens with zero attached hydrogens (tertiary/aromatic N) is 1. The van der Waals surface area contributed by atoms with E-state index in [0.717, 1.165) is 18.3 Å². The van der Waals surface area contributed by atoms with E-state index in [1.54, 1.807) is 0 Å². The summed E-state index contributed by atoms with van der Waals surface area (Å²) in [5.41, 5.74) is 5.83. The number of hydrogen-bond donors (Lipinski definition) is 1. The van der Waals surface area contributed by atoms with Crippen LogP contribution in [0.1, 0.15) is 40.5 Å². The van der Waals surface area contributed by atoms with Crippen LogP contribution in [0.15, 0.2) is 0 Å². The predicted octanol–water partition coefficient (Wildman–Crippen LogP) is 2.09. The normalized spacial score (nSPS) is 28.3. The molecule has 1 heterocycles. The molecule has 0 aromatic heterocycles. The monoisotopic (exact) mass is 198 g/mol. The quantitative estimate of drug-likeness (QED) is 0.749. The van der Waals surface area contributed by atoms with Gasteiger partial charge in [0.05, 0.1) is 0 Å². The second kappa shape index (κ2) is 5.13. The molecule has 0 saturated carbocycles. The molecule has 0 spiro atoms. The van der Waals surface area contributed by atoms with Crippen molar-refractivity contribution in [2.45, 2.75) is 52.6 Å². The lowest BCUT2D eigenvalue weighted by Crippen LogP contribution is -2.35. The largest absolute Gasteiger partial charge is 0.328 e. The first-order chi connectivity index (χ1) is 6.50. The molecular formula is C12H26N2. The Kier molecular flexibility index (Phi) is 4.39. The number of likely N-dealkylation sites (tertiary alicyclic amines) is 1. The first-order valence-corrected chi connectivity index (χ1v) is 6.00. The molecule has 2 N–H and O–H groups in total. The van der Waals surface area contributed by atoms with Crippen LogP contribution in [0.25, 0.3) is 0 Å². The Bertz CT molecular complexity index is 166. The molecule has 0 aromatic carbocycles. The first kappa shape index (κ1) is 12.0. The number of rotatable bonds is 4. The minimum absolute atomic E-state index is 0.336. The highest BCUT2D eigenvalue weighted by Gasteiger charge is 2.27. The van der Waals surface area contributed by atoms with Crippen LogP contribution in [0, 0.1) is 11.8 Å². The number of hydrogen-bond acceptors (Lipinski definition) is 2. The van der Waals surface area contributed by atoms with Gasteiger partial charge in [0.25, 0.3) is 0 Å². The standard InChI is InChI=1S/C12H26N2/c1-9(2)12-5-6-14(8-12)11(4)7-10(3)13/h9-12H,5-8,13H2,1-4H3. The predicted molar refractivity (Wildman–Crippen MR) is 62.2 cm³/mol. The Morgan fingerprint density at radius 1 is 1.29 bits per heavy atom. The fourth-order valence-corrected chi connectivity index (χ4v) is 2.45. The topological polar surface area (TPSA) is 29.3 Å². The molecule has 0 aromatic rings. The Hall–Kier alpha value is -0.0800. The van der Waals surface area contributed by atoms with Crippen LogP contribution in [0.5, 0.6) is 0 Å². The lowest BCUT2D eigenvalue weighted by molar-refractivity contribution is 0.222. The molecule has 2 heteroatoms. The Morgan fingerprint density at radius 3 is 2.36 bits per heavy atom. The van der Waals surface area contributed by atoms with Crippen LogP contribution in [0.4, 0.5) is 0 Å². The van der Waals surface area contributed by atoms with Crippen molar-refractivity contribution in [3.63, 3.8) is 0 Å².